The molecule has 5 heteroatoms. The van der Waals surface area contributed by atoms with Gasteiger partial charge < -0.3 is 19.6 Å². The highest BCUT2D eigenvalue weighted by atomic mass is 16.5. The van der Waals surface area contributed by atoms with Gasteiger partial charge >= 0.3 is 0 Å². The minimum Gasteiger partial charge on any atom is -0.377 e. The molecule has 3 rings (SSSR count). The maximum absolute atomic E-state index is 6.19. The smallest absolute Gasteiger partial charge is 0.162 e. The predicted octanol–water partition coefficient (Wildman–Crippen LogP) is 2.08. The number of ether oxygens (including phenoxy) is 1. The van der Waals surface area contributed by atoms with Gasteiger partial charge in [0.2, 0.25) is 0 Å². The molecule has 1 atom stereocenters. The number of nitrogens with zero attached hydrogens (tertiary/aromatic N) is 2. The van der Waals surface area contributed by atoms with Crippen LogP contribution < -0.4 is 5.73 Å². The first kappa shape index (κ1) is 12.4. The van der Waals surface area contributed by atoms with Crippen LogP contribution in [0.1, 0.15) is 35.9 Å². The number of hydrogen-bond acceptors (Lipinski definition) is 4. The van der Waals surface area contributed by atoms with Gasteiger partial charge in [-0.25, -0.2) is 0 Å². The second-order valence-corrected chi connectivity index (χ2v) is 5.20. The lowest BCUT2D eigenvalue weighted by Gasteiger charge is -2.06. The van der Waals surface area contributed by atoms with Crippen molar-refractivity contribution in [2.24, 2.45) is 11.7 Å². The minimum absolute atomic E-state index is 0.183. The number of aromatic nitrogens is 2. The predicted molar refractivity (Wildman–Crippen MR) is 70.4 cm³/mol. The quantitative estimate of drug-likeness (QED) is 0.864. The fraction of sp³-hybridized carbons (Fsp3) is 0.500. The maximum atomic E-state index is 6.19. The Labute approximate surface area is 112 Å². The SMILES string of the molecule is COCc1cc(Cn2ccc(C(N)C3CC3)c2)no1. The van der Waals surface area contributed by atoms with E-state index < -0.39 is 0 Å². The van der Waals surface area contributed by atoms with Crippen molar-refractivity contribution in [1.29, 1.82) is 0 Å². The van der Waals surface area contributed by atoms with Gasteiger partial charge in [0.05, 0.1) is 6.54 Å². The summed E-state index contributed by atoms with van der Waals surface area (Å²) in [5.41, 5.74) is 8.30. The topological polar surface area (TPSA) is 66.2 Å². The average Bonchev–Trinajstić information content (AvgIpc) is 3.00. The molecular formula is C14H19N3O2. The van der Waals surface area contributed by atoms with Crippen LogP contribution in [0.4, 0.5) is 0 Å². The zero-order valence-corrected chi connectivity index (χ0v) is 11.1. The van der Waals surface area contributed by atoms with Crippen molar-refractivity contribution in [2.75, 3.05) is 7.11 Å². The van der Waals surface area contributed by atoms with Crippen molar-refractivity contribution in [3.63, 3.8) is 0 Å². The van der Waals surface area contributed by atoms with E-state index in [2.05, 4.69) is 22.0 Å². The summed E-state index contributed by atoms with van der Waals surface area (Å²) in [6.45, 7) is 1.15. The molecular weight excluding hydrogens is 242 g/mol. The molecule has 2 aromatic heterocycles. The normalized spacial score (nSPS) is 16.7. The first-order chi connectivity index (χ1) is 9.26. The van der Waals surface area contributed by atoms with Crippen LogP contribution >= 0.6 is 0 Å². The van der Waals surface area contributed by atoms with E-state index in [0.717, 1.165) is 11.5 Å². The van der Waals surface area contributed by atoms with Gasteiger partial charge in [-0.05, 0) is 30.4 Å². The Balaban J connectivity index is 1.65. The van der Waals surface area contributed by atoms with Crippen molar-refractivity contribution >= 4 is 0 Å². The van der Waals surface area contributed by atoms with Crippen molar-refractivity contribution in [3.8, 4) is 0 Å². The highest BCUT2D eigenvalue weighted by Gasteiger charge is 2.29. The molecule has 1 fully saturated rings. The van der Waals surface area contributed by atoms with Crippen LogP contribution in [0.15, 0.2) is 29.0 Å². The molecule has 0 radical (unpaired) electrons. The Kier molecular flexibility index (Phi) is 3.40. The van der Waals surface area contributed by atoms with Crippen molar-refractivity contribution < 1.29 is 9.26 Å². The van der Waals surface area contributed by atoms with E-state index in [1.807, 2.05) is 12.3 Å². The standard InChI is InChI=1S/C14H19N3O2/c1-18-9-13-6-12(16-19-13)8-17-5-4-11(7-17)14(15)10-2-3-10/h4-7,10,14H,2-3,8-9,15H2,1H3. The van der Waals surface area contributed by atoms with Gasteiger partial charge in [0.25, 0.3) is 0 Å². The fourth-order valence-electron chi connectivity index (χ4n) is 2.31. The van der Waals surface area contributed by atoms with Crippen LogP contribution in [-0.4, -0.2) is 16.8 Å². The van der Waals surface area contributed by atoms with E-state index >= 15 is 0 Å². The third-order valence-corrected chi connectivity index (χ3v) is 3.53. The molecule has 1 saturated carbocycles. The summed E-state index contributed by atoms with van der Waals surface area (Å²) in [5.74, 6) is 1.43. The Hall–Kier alpha value is -1.59. The second kappa shape index (κ2) is 5.19. The zero-order chi connectivity index (χ0) is 13.2. The van der Waals surface area contributed by atoms with Gasteiger partial charge in [-0.15, -0.1) is 0 Å². The molecule has 0 saturated heterocycles. The summed E-state index contributed by atoms with van der Waals surface area (Å²) in [7, 11) is 1.64. The maximum Gasteiger partial charge on any atom is 0.162 e. The third kappa shape index (κ3) is 2.88. The lowest BCUT2D eigenvalue weighted by molar-refractivity contribution is 0.155. The van der Waals surface area contributed by atoms with Crippen LogP contribution in [-0.2, 0) is 17.9 Å². The Morgan fingerprint density at radius 3 is 3.16 bits per heavy atom. The van der Waals surface area contributed by atoms with Crippen LogP contribution in [0, 0.1) is 5.92 Å². The van der Waals surface area contributed by atoms with Gasteiger partial charge in [-0.3, -0.25) is 0 Å². The van der Waals surface area contributed by atoms with Gasteiger partial charge in [0, 0.05) is 31.6 Å². The number of hydrogen-bond donors (Lipinski definition) is 1. The summed E-state index contributed by atoms with van der Waals surface area (Å²) in [6.07, 6.45) is 6.67. The molecule has 2 aromatic rings. The van der Waals surface area contributed by atoms with Gasteiger partial charge in [0.15, 0.2) is 5.76 Å². The summed E-state index contributed by atoms with van der Waals surface area (Å²) in [5, 5.41) is 4.02. The van der Waals surface area contributed by atoms with E-state index in [0.29, 0.717) is 19.1 Å². The van der Waals surface area contributed by atoms with E-state index in [9.17, 15) is 0 Å². The summed E-state index contributed by atoms with van der Waals surface area (Å²) in [6, 6.07) is 4.20. The van der Waals surface area contributed by atoms with Crippen molar-refractivity contribution in [3.05, 3.63) is 41.5 Å². The van der Waals surface area contributed by atoms with E-state index in [1.165, 1.54) is 18.4 Å². The number of rotatable bonds is 6. The molecule has 19 heavy (non-hydrogen) atoms. The van der Waals surface area contributed by atoms with Gasteiger partial charge in [-0.2, -0.15) is 0 Å². The summed E-state index contributed by atoms with van der Waals surface area (Å²) < 4.78 is 12.3. The van der Waals surface area contributed by atoms with Crippen molar-refractivity contribution in [2.45, 2.75) is 32.0 Å². The third-order valence-electron chi connectivity index (χ3n) is 3.53. The summed E-state index contributed by atoms with van der Waals surface area (Å²) >= 11 is 0. The highest BCUT2D eigenvalue weighted by molar-refractivity contribution is 5.18. The van der Waals surface area contributed by atoms with Crippen molar-refractivity contribution in [1.82, 2.24) is 9.72 Å². The second-order valence-electron chi connectivity index (χ2n) is 5.20. The molecule has 0 aromatic carbocycles. The van der Waals surface area contributed by atoms with E-state index in [1.54, 1.807) is 7.11 Å². The van der Waals surface area contributed by atoms with E-state index in [-0.39, 0.29) is 6.04 Å². The number of nitrogens with two attached hydrogens (primary N) is 1. The molecule has 1 unspecified atom stereocenters. The highest BCUT2D eigenvalue weighted by Crippen LogP contribution is 2.39. The van der Waals surface area contributed by atoms with Crippen LogP contribution in [0.3, 0.4) is 0 Å². The van der Waals surface area contributed by atoms with Crippen LogP contribution in [0.5, 0.6) is 0 Å². The minimum atomic E-state index is 0.183. The monoisotopic (exact) mass is 261 g/mol. The summed E-state index contributed by atoms with van der Waals surface area (Å²) in [4.78, 5) is 0. The largest absolute Gasteiger partial charge is 0.377 e. The first-order valence-electron chi connectivity index (χ1n) is 6.61. The molecule has 102 valence electrons. The number of methoxy groups -OCH3 is 1. The molecule has 0 bridgehead atoms. The molecule has 1 aliphatic carbocycles. The Bertz CT molecular complexity index is 542. The molecule has 0 spiro atoms. The molecule has 0 amide bonds. The molecule has 0 aliphatic heterocycles. The van der Waals surface area contributed by atoms with Gasteiger partial charge in [-0.1, -0.05) is 5.16 Å². The zero-order valence-electron chi connectivity index (χ0n) is 11.1. The van der Waals surface area contributed by atoms with Crippen LogP contribution in [0.2, 0.25) is 0 Å². The van der Waals surface area contributed by atoms with Gasteiger partial charge in [0.1, 0.15) is 12.3 Å². The Morgan fingerprint density at radius 2 is 2.42 bits per heavy atom. The Morgan fingerprint density at radius 1 is 1.58 bits per heavy atom. The lowest BCUT2D eigenvalue weighted by atomic mass is 10.1. The molecule has 2 heterocycles. The average molecular weight is 261 g/mol. The van der Waals surface area contributed by atoms with Crippen LogP contribution in [0.25, 0.3) is 0 Å². The molecule has 5 nitrogen and oxygen atoms in total. The lowest BCUT2D eigenvalue weighted by Crippen LogP contribution is -2.11. The molecule has 2 N–H and O–H groups in total. The fourth-order valence-corrected chi connectivity index (χ4v) is 2.31. The molecule has 1 aliphatic rings. The first-order valence-corrected chi connectivity index (χ1v) is 6.61. The van der Waals surface area contributed by atoms with E-state index in [4.69, 9.17) is 15.0 Å².